The fourth-order valence-corrected chi connectivity index (χ4v) is 3.68. The van der Waals surface area contributed by atoms with Crippen molar-refractivity contribution in [3.63, 3.8) is 0 Å². The van der Waals surface area contributed by atoms with E-state index in [0.29, 0.717) is 24.1 Å². The molecule has 27 heavy (non-hydrogen) atoms. The molecule has 0 aliphatic heterocycles. The van der Waals surface area contributed by atoms with Crippen molar-refractivity contribution in [2.24, 2.45) is 11.8 Å². The molecule has 0 aliphatic rings. The number of carboxylic acids is 1. The third kappa shape index (κ3) is 8.51. The maximum atomic E-state index is 12.4. The van der Waals surface area contributed by atoms with Gasteiger partial charge in [0.1, 0.15) is 0 Å². The summed E-state index contributed by atoms with van der Waals surface area (Å²) >= 11 is 0. The van der Waals surface area contributed by atoms with Gasteiger partial charge in [0, 0.05) is 19.2 Å². The van der Waals surface area contributed by atoms with Crippen molar-refractivity contribution in [3.8, 4) is 0 Å². The molecule has 0 saturated heterocycles. The minimum absolute atomic E-state index is 0.0780. The van der Waals surface area contributed by atoms with Gasteiger partial charge in [-0.25, -0.2) is 9.36 Å². The van der Waals surface area contributed by atoms with Crippen molar-refractivity contribution in [3.05, 3.63) is 11.9 Å². The Balaban J connectivity index is 2.66. The highest BCUT2D eigenvalue weighted by molar-refractivity contribution is 7.48. The Kier molecular flexibility index (Phi) is 10.2. The van der Waals surface area contributed by atoms with E-state index < -0.39 is 19.9 Å². The maximum absolute atomic E-state index is 12.4. The predicted octanol–water partition coefficient (Wildman–Crippen LogP) is 3.54. The van der Waals surface area contributed by atoms with Gasteiger partial charge in [-0.1, -0.05) is 26.0 Å². The molecule has 1 aromatic rings. The first kappa shape index (κ1) is 23.8. The third-order valence-corrected chi connectivity index (χ3v) is 5.93. The van der Waals surface area contributed by atoms with Gasteiger partial charge in [-0.3, -0.25) is 18.3 Å². The van der Waals surface area contributed by atoms with Crippen LogP contribution in [0.25, 0.3) is 0 Å². The fourth-order valence-electron chi connectivity index (χ4n) is 2.38. The predicted molar refractivity (Wildman–Crippen MR) is 100 cm³/mol. The minimum Gasteiger partial charge on any atom is -0.479 e. The van der Waals surface area contributed by atoms with Gasteiger partial charge in [-0.15, -0.1) is 5.10 Å². The summed E-state index contributed by atoms with van der Waals surface area (Å²) in [5, 5.41) is 17.4. The second-order valence-electron chi connectivity index (χ2n) is 6.76. The zero-order valence-corrected chi connectivity index (χ0v) is 17.7. The normalized spacial score (nSPS) is 14.4. The van der Waals surface area contributed by atoms with E-state index >= 15 is 0 Å². The largest absolute Gasteiger partial charge is 0.479 e. The van der Waals surface area contributed by atoms with Gasteiger partial charge in [0.25, 0.3) is 0 Å². The van der Waals surface area contributed by atoms with Crippen LogP contribution in [-0.2, 0) is 35.9 Å². The molecular weight excluding hydrogens is 373 g/mol. The third-order valence-electron chi connectivity index (χ3n) is 4.27. The summed E-state index contributed by atoms with van der Waals surface area (Å²) in [6.45, 7) is 10.7. The lowest BCUT2D eigenvalue weighted by atomic mass is 9.93. The summed E-state index contributed by atoms with van der Waals surface area (Å²) < 4.78 is 29.3. The highest BCUT2D eigenvalue weighted by Crippen LogP contribution is 2.50. The Bertz CT molecular complexity index is 612. The second-order valence-corrected chi connectivity index (χ2v) is 8.38. The molecule has 9 nitrogen and oxygen atoms in total. The lowest BCUT2D eigenvalue weighted by Crippen LogP contribution is -2.26. The van der Waals surface area contributed by atoms with Gasteiger partial charge in [-0.2, -0.15) is 0 Å². The average Bonchev–Trinajstić information content (AvgIpc) is 3.01. The molecule has 10 heteroatoms. The zero-order valence-electron chi connectivity index (χ0n) is 16.8. The molecule has 0 amide bonds. The van der Waals surface area contributed by atoms with Crippen molar-refractivity contribution in [1.82, 2.24) is 15.0 Å². The summed E-state index contributed by atoms with van der Waals surface area (Å²) in [5.74, 6) is -0.00449. The Morgan fingerprint density at radius 1 is 1.26 bits per heavy atom. The van der Waals surface area contributed by atoms with Crippen LogP contribution in [0.5, 0.6) is 0 Å². The highest BCUT2D eigenvalue weighted by Gasteiger charge is 2.34. The molecule has 0 bridgehead atoms. The molecule has 1 heterocycles. The van der Waals surface area contributed by atoms with E-state index in [-0.39, 0.29) is 19.6 Å². The molecule has 0 saturated carbocycles. The van der Waals surface area contributed by atoms with Crippen LogP contribution in [0.3, 0.4) is 0 Å². The first-order chi connectivity index (χ1) is 12.7. The first-order valence-corrected chi connectivity index (χ1v) is 10.9. The number of aliphatic carboxylic acids is 1. The minimum atomic E-state index is -3.93. The molecule has 1 rings (SSSR count). The van der Waals surface area contributed by atoms with E-state index in [1.165, 1.54) is 0 Å². The number of phosphoric acid groups is 1. The van der Waals surface area contributed by atoms with Crippen LogP contribution >= 0.6 is 7.82 Å². The van der Waals surface area contributed by atoms with E-state index in [0.717, 1.165) is 12.8 Å². The molecule has 0 radical (unpaired) electrons. The van der Waals surface area contributed by atoms with Gasteiger partial charge >= 0.3 is 13.8 Å². The molecule has 1 N–H and O–H groups in total. The lowest BCUT2D eigenvalue weighted by Gasteiger charge is -2.20. The van der Waals surface area contributed by atoms with Gasteiger partial charge in [0.2, 0.25) is 0 Å². The molecule has 2 atom stereocenters. The van der Waals surface area contributed by atoms with Gasteiger partial charge in [0.05, 0.1) is 18.9 Å². The molecule has 0 aromatic carbocycles. The molecule has 0 aliphatic carbocycles. The smallest absolute Gasteiger partial charge is 0.475 e. The number of aromatic nitrogens is 3. The van der Waals surface area contributed by atoms with Crippen molar-refractivity contribution in [2.75, 3.05) is 13.2 Å². The quantitative estimate of drug-likeness (QED) is 0.468. The van der Waals surface area contributed by atoms with E-state index in [9.17, 15) is 14.5 Å². The fraction of sp³-hybridized carbons (Fsp3) is 0.824. The van der Waals surface area contributed by atoms with Crippen LogP contribution in [0.1, 0.15) is 53.2 Å². The van der Waals surface area contributed by atoms with Gasteiger partial charge in [-0.05, 0) is 38.5 Å². The van der Waals surface area contributed by atoms with E-state index in [2.05, 4.69) is 31.1 Å². The Hall–Kier alpha value is -1.28. The number of phosphoric ester groups is 1. The first-order valence-electron chi connectivity index (χ1n) is 9.40. The van der Waals surface area contributed by atoms with Gasteiger partial charge in [0.15, 0.2) is 6.10 Å². The number of nitrogens with zero attached hydrogens (tertiary/aromatic N) is 3. The maximum Gasteiger partial charge on any atom is 0.475 e. The summed E-state index contributed by atoms with van der Waals surface area (Å²) in [6, 6.07) is 0. The van der Waals surface area contributed by atoms with Crippen molar-refractivity contribution in [2.45, 2.75) is 66.5 Å². The van der Waals surface area contributed by atoms with E-state index in [4.69, 9.17) is 13.6 Å². The zero-order chi connectivity index (χ0) is 20.4. The summed E-state index contributed by atoms with van der Waals surface area (Å²) in [6.07, 6.45) is 2.25. The van der Waals surface area contributed by atoms with Crippen LogP contribution in [0, 0.1) is 11.8 Å². The number of hydrogen-bond acceptors (Lipinski definition) is 7. The van der Waals surface area contributed by atoms with E-state index in [1.807, 2.05) is 0 Å². The second kappa shape index (κ2) is 11.5. The van der Waals surface area contributed by atoms with Gasteiger partial charge < -0.3 is 5.11 Å². The standard InChI is InChI=1S/C17H32N3O6P/c1-6-24-27(23,25-7-2)26-16(17(21)22)11-15-12-20(19-18-15)10-8-9-14(5)13(3)4/h12-14,16H,6-11H2,1-5H3,(H,21,22). The Labute approximate surface area is 161 Å². The highest BCUT2D eigenvalue weighted by atomic mass is 31.2. The molecule has 0 fully saturated rings. The Morgan fingerprint density at radius 2 is 1.89 bits per heavy atom. The number of rotatable bonds is 14. The van der Waals surface area contributed by atoms with Crippen LogP contribution < -0.4 is 0 Å². The number of carboxylic acid groups (broad SMARTS) is 1. The molecule has 2 unspecified atom stereocenters. The summed E-state index contributed by atoms with van der Waals surface area (Å²) in [7, 11) is -3.93. The molecular formula is C17H32N3O6P. The van der Waals surface area contributed by atoms with Crippen LogP contribution in [-0.4, -0.2) is 45.4 Å². The Morgan fingerprint density at radius 3 is 2.41 bits per heavy atom. The monoisotopic (exact) mass is 405 g/mol. The molecule has 156 valence electrons. The number of hydrogen-bond donors (Lipinski definition) is 1. The topological polar surface area (TPSA) is 113 Å². The summed E-state index contributed by atoms with van der Waals surface area (Å²) in [5.41, 5.74) is 0.443. The molecule has 0 spiro atoms. The van der Waals surface area contributed by atoms with Crippen LogP contribution in [0.2, 0.25) is 0 Å². The number of aryl methyl sites for hydroxylation is 1. The SMILES string of the molecule is CCOP(=O)(OCC)OC(Cc1cn(CCCC(C)C(C)C)nn1)C(=O)O. The lowest BCUT2D eigenvalue weighted by molar-refractivity contribution is -0.146. The molecule has 1 aromatic heterocycles. The average molecular weight is 405 g/mol. The van der Waals surface area contributed by atoms with E-state index in [1.54, 1.807) is 24.7 Å². The van der Waals surface area contributed by atoms with Crippen molar-refractivity contribution in [1.29, 1.82) is 0 Å². The van der Waals surface area contributed by atoms with Crippen LogP contribution in [0.4, 0.5) is 0 Å². The van der Waals surface area contributed by atoms with Crippen LogP contribution in [0.15, 0.2) is 6.20 Å². The van der Waals surface area contributed by atoms with Crippen molar-refractivity contribution < 1.29 is 28.0 Å². The summed E-state index contributed by atoms with van der Waals surface area (Å²) in [4.78, 5) is 11.5. The van der Waals surface area contributed by atoms with Crippen molar-refractivity contribution >= 4 is 13.8 Å². The number of carbonyl (C=O) groups is 1.